The first-order valence-corrected chi connectivity index (χ1v) is 3.80. The van der Waals surface area contributed by atoms with Gasteiger partial charge >= 0.3 is 0 Å². The molecule has 3 radical (unpaired) electrons. The Balaban J connectivity index is 0.000000720. The van der Waals surface area contributed by atoms with Gasteiger partial charge in [-0.05, 0) is 18.4 Å². The number of nitrogens with two attached hydrogens (primary N) is 1. The Bertz CT molecular complexity index is 286. The van der Waals surface area contributed by atoms with Crippen molar-refractivity contribution in [2.24, 2.45) is 5.73 Å². The van der Waals surface area contributed by atoms with E-state index in [1.807, 2.05) is 24.3 Å². The summed E-state index contributed by atoms with van der Waals surface area (Å²) in [6.07, 6.45) is 1.54. The van der Waals surface area contributed by atoms with Gasteiger partial charge in [0.15, 0.2) is 0 Å². The van der Waals surface area contributed by atoms with E-state index in [9.17, 15) is 5.11 Å². The number of hydrogen-bond donors (Lipinski definition) is 2. The maximum Gasteiger partial charge on any atom is 0.140 e. The van der Waals surface area contributed by atoms with Crippen LogP contribution in [0.2, 0.25) is 0 Å². The molecule has 3 heteroatoms. The van der Waals surface area contributed by atoms with Gasteiger partial charge in [-0.25, -0.2) is 0 Å². The van der Waals surface area contributed by atoms with Crippen molar-refractivity contribution in [3.8, 4) is 0 Å². The molecule has 0 heterocycles. The number of aryl methyl sites for hydroxylation is 1. The summed E-state index contributed by atoms with van der Waals surface area (Å²) in [5.41, 5.74) is 6.64. The van der Waals surface area contributed by atoms with Crippen molar-refractivity contribution in [2.45, 2.75) is 18.6 Å². The van der Waals surface area contributed by atoms with Gasteiger partial charge in [0.05, 0.1) is 0 Å². The van der Waals surface area contributed by atoms with Crippen molar-refractivity contribution >= 4 is 8.41 Å². The Labute approximate surface area is 74.0 Å². The van der Waals surface area contributed by atoms with Gasteiger partial charge in [-0.2, -0.15) is 0 Å². The molecule has 2 rings (SSSR count). The van der Waals surface area contributed by atoms with Crippen LogP contribution in [0.5, 0.6) is 0 Å². The first kappa shape index (κ1) is 9.29. The van der Waals surface area contributed by atoms with Crippen LogP contribution in [-0.2, 0) is 12.1 Å². The Morgan fingerprint density at radius 1 is 1.33 bits per heavy atom. The molecule has 0 saturated carbocycles. The number of benzene rings is 1. The summed E-state index contributed by atoms with van der Waals surface area (Å²) in [5, 5.41) is 9.62. The summed E-state index contributed by atoms with van der Waals surface area (Å²) < 4.78 is 0. The van der Waals surface area contributed by atoms with Crippen LogP contribution >= 0.6 is 0 Å². The highest BCUT2D eigenvalue weighted by molar-refractivity contribution is 5.75. The van der Waals surface area contributed by atoms with Gasteiger partial charge < -0.3 is 5.11 Å². The molecule has 1 aliphatic carbocycles. The van der Waals surface area contributed by atoms with E-state index in [-0.39, 0.29) is 8.41 Å². The lowest BCUT2D eigenvalue weighted by molar-refractivity contribution is 0.0458. The highest BCUT2D eigenvalue weighted by Gasteiger charge is 2.31. The van der Waals surface area contributed by atoms with Crippen molar-refractivity contribution in [1.82, 2.24) is 0 Å². The third-order valence-corrected chi connectivity index (χ3v) is 2.26. The largest absolute Gasteiger partial charge is 0.372 e. The smallest absolute Gasteiger partial charge is 0.140 e. The highest BCUT2D eigenvalue weighted by atomic mass is 16.3. The van der Waals surface area contributed by atoms with E-state index in [0.29, 0.717) is 6.42 Å². The maximum absolute atomic E-state index is 9.62. The lowest BCUT2D eigenvalue weighted by atomic mass is 10.1. The van der Waals surface area contributed by atoms with Gasteiger partial charge in [0, 0.05) is 14.0 Å². The molecule has 12 heavy (non-hydrogen) atoms. The number of hydrogen-bond acceptors (Lipinski definition) is 2. The van der Waals surface area contributed by atoms with Crippen LogP contribution in [0, 0.1) is 0 Å². The number of fused-ring (bicyclic) bond motifs is 1. The molecule has 1 aromatic carbocycles. The van der Waals surface area contributed by atoms with E-state index in [0.717, 1.165) is 12.0 Å². The second-order valence-electron chi connectivity index (χ2n) is 3.08. The Morgan fingerprint density at radius 2 is 2.00 bits per heavy atom. The van der Waals surface area contributed by atoms with Crippen molar-refractivity contribution in [3.63, 3.8) is 0 Å². The quantitative estimate of drug-likeness (QED) is 0.425. The number of rotatable bonds is 0. The molecule has 0 amide bonds. The topological polar surface area (TPSA) is 46.2 Å². The van der Waals surface area contributed by atoms with Crippen LogP contribution in [0.1, 0.15) is 17.5 Å². The Morgan fingerprint density at radius 3 is 2.67 bits per heavy atom. The van der Waals surface area contributed by atoms with E-state index in [2.05, 4.69) is 0 Å². The maximum atomic E-state index is 9.62. The predicted molar refractivity (Wildman–Crippen MR) is 48.6 cm³/mol. The Hall–Kier alpha value is -0.795. The van der Waals surface area contributed by atoms with Gasteiger partial charge in [-0.15, -0.1) is 0 Å². The molecule has 1 unspecified atom stereocenters. The van der Waals surface area contributed by atoms with Gasteiger partial charge in [0.1, 0.15) is 5.72 Å². The first-order valence-electron chi connectivity index (χ1n) is 3.80. The molecular weight excluding hydrogens is 149 g/mol. The molecule has 0 fully saturated rings. The van der Waals surface area contributed by atoms with Crippen molar-refractivity contribution in [3.05, 3.63) is 35.4 Å². The van der Waals surface area contributed by atoms with Crippen LogP contribution in [0.3, 0.4) is 0 Å². The molecule has 0 aliphatic heterocycles. The van der Waals surface area contributed by atoms with Crippen LogP contribution in [0.25, 0.3) is 0 Å². The van der Waals surface area contributed by atoms with Gasteiger partial charge in [-0.3, -0.25) is 5.73 Å². The lowest BCUT2D eigenvalue weighted by Crippen LogP contribution is -2.33. The van der Waals surface area contributed by atoms with Gasteiger partial charge in [-0.1, -0.05) is 24.3 Å². The zero-order valence-corrected chi connectivity index (χ0v) is 6.83. The third-order valence-electron chi connectivity index (χ3n) is 2.26. The molecule has 1 aliphatic rings. The summed E-state index contributed by atoms with van der Waals surface area (Å²) in [6.45, 7) is 0. The minimum atomic E-state index is -1.07. The van der Waals surface area contributed by atoms with Crippen molar-refractivity contribution in [2.75, 3.05) is 0 Å². The molecule has 2 nitrogen and oxygen atoms in total. The molecule has 0 bridgehead atoms. The fraction of sp³-hybridized carbons (Fsp3) is 0.333. The van der Waals surface area contributed by atoms with E-state index in [1.165, 1.54) is 5.56 Å². The van der Waals surface area contributed by atoms with E-state index in [4.69, 9.17) is 5.73 Å². The molecule has 1 aromatic rings. The summed E-state index contributed by atoms with van der Waals surface area (Å²) in [4.78, 5) is 0. The average molecular weight is 160 g/mol. The second-order valence-corrected chi connectivity index (χ2v) is 3.08. The van der Waals surface area contributed by atoms with Crippen LogP contribution in [0.4, 0.5) is 0 Å². The summed E-state index contributed by atoms with van der Waals surface area (Å²) in [6, 6.07) is 7.78. The van der Waals surface area contributed by atoms with E-state index >= 15 is 0 Å². The highest BCUT2D eigenvalue weighted by Crippen LogP contribution is 2.31. The van der Waals surface area contributed by atoms with Crippen molar-refractivity contribution in [1.29, 1.82) is 0 Å². The number of aliphatic hydroxyl groups is 1. The van der Waals surface area contributed by atoms with E-state index < -0.39 is 5.72 Å². The molecule has 1 atom stereocenters. The first-order chi connectivity index (χ1) is 5.20. The standard InChI is InChI=1S/C9H11NO.B/c10-9(11)6-5-7-3-1-2-4-8(7)9;/h1-4,11H,5-6,10H2;. The molecule has 0 aromatic heterocycles. The molecular formula is C9H11BNO. The zero-order valence-electron chi connectivity index (χ0n) is 6.83. The lowest BCUT2D eigenvalue weighted by Gasteiger charge is -2.16. The van der Waals surface area contributed by atoms with Gasteiger partial charge in [0.2, 0.25) is 0 Å². The van der Waals surface area contributed by atoms with Crippen LogP contribution < -0.4 is 5.73 Å². The fourth-order valence-corrected chi connectivity index (χ4v) is 1.62. The minimum Gasteiger partial charge on any atom is -0.372 e. The summed E-state index contributed by atoms with van der Waals surface area (Å²) in [7, 11) is 0. The molecule has 0 spiro atoms. The molecule has 61 valence electrons. The average Bonchev–Trinajstić information content (AvgIpc) is 2.29. The zero-order chi connectivity index (χ0) is 7.90. The monoisotopic (exact) mass is 160 g/mol. The van der Waals surface area contributed by atoms with Crippen LogP contribution in [-0.4, -0.2) is 13.5 Å². The molecule has 0 saturated heterocycles. The fourth-order valence-electron chi connectivity index (χ4n) is 1.62. The van der Waals surface area contributed by atoms with Crippen molar-refractivity contribution < 1.29 is 5.11 Å². The van der Waals surface area contributed by atoms with E-state index in [1.54, 1.807) is 0 Å². The summed E-state index contributed by atoms with van der Waals surface area (Å²) >= 11 is 0. The predicted octanol–water partition coefficient (Wildman–Crippen LogP) is 0.356. The summed E-state index contributed by atoms with van der Waals surface area (Å²) in [5.74, 6) is 0. The minimum absolute atomic E-state index is 0. The molecule has 3 N–H and O–H groups in total. The van der Waals surface area contributed by atoms with Gasteiger partial charge in [0.25, 0.3) is 0 Å². The normalized spacial score (nSPS) is 26.2. The van der Waals surface area contributed by atoms with Crippen LogP contribution in [0.15, 0.2) is 24.3 Å². The second kappa shape index (κ2) is 2.92. The Kier molecular flexibility index (Phi) is 2.26. The third kappa shape index (κ3) is 1.26. The SMILES string of the molecule is NC1(O)CCc2ccccc21.[B].